The standard InChI is InChI=1S/C20H22ClNO4/c1-13-8-9-18(14(2)10-13)25-12-20(24)26-11-19(23)22-15(3)16-6-4-5-7-17(16)21/h4-10,15H,11-12H2,1-3H3,(H,22,23)/t15-/m0/s1. The second-order valence-corrected chi connectivity index (χ2v) is 6.44. The predicted octanol–water partition coefficient (Wildman–Crippen LogP) is 3.76. The maximum absolute atomic E-state index is 11.9. The highest BCUT2D eigenvalue weighted by Crippen LogP contribution is 2.22. The van der Waals surface area contributed by atoms with Crippen LogP contribution in [0.2, 0.25) is 5.02 Å². The highest BCUT2D eigenvalue weighted by molar-refractivity contribution is 6.31. The highest BCUT2D eigenvalue weighted by atomic mass is 35.5. The van der Waals surface area contributed by atoms with Crippen molar-refractivity contribution in [3.8, 4) is 5.75 Å². The first kappa shape index (κ1) is 19.8. The van der Waals surface area contributed by atoms with Gasteiger partial charge >= 0.3 is 5.97 Å². The molecule has 6 heteroatoms. The molecule has 138 valence electrons. The third-order valence-corrected chi connectivity index (χ3v) is 4.13. The molecule has 0 saturated carbocycles. The fraction of sp³-hybridized carbons (Fsp3) is 0.300. The molecule has 1 N–H and O–H groups in total. The molecule has 0 aliphatic heterocycles. The van der Waals surface area contributed by atoms with Crippen molar-refractivity contribution in [1.82, 2.24) is 5.32 Å². The summed E-state index contributed by atoms with van der Waals surface area (Å²) in [6.07, 6.45) is 0. The van der Waals surface area contributed by atoms with Gasteiger partial charge in [-0.2, -0.15) is 0 Å². The number of benzene rings is 2. The Kier molecular flexibility index (Phi) is 7.04. The van der Waals surface area contributed by atoms with E-state index in [1.54, 1.807) is 12.1 Å². The summed E-state index contributed by atoms with van der Waals surface area (Å²) < 4.78 is 10.4. The third-order valence-electron chi connectivity index (χ3n) is 3.79. The summed E-state index contributed by atoms with van der Waals surface area (Å²) >= 11 is 6.10. The molecular weight excluding hydrogens is 354 g/mol. The van der Waals surface area contributed by atoms with E-state index in [1.807, 2.05) is 51.1 Å². The average molecular weight is 376 g/mol. The molecule has 0 saturated heterocycles. The van der Waals surface area contributed by atoms with Crippen LogP contribution in [0.4, 0.5) is 0 Å². The minimum absolute atomic E-state index is 0.253. The average Bonchev–Trinajstić information content (AvgIpc) is 2.59. The molecular formula is C20H22ClNO4. The monoisotopic (exact) mass is 375 g/mol. The van der Waals surface area contributed by atoms with E-state index in [0.29, 0.717) is 10.8 Å². The number of ether oxygens (including phenoxy) is 2. The van der Waals surface area contributed by atoms with Crippen LogP contribution in [0.1, 0.15) is 29.7 Å². The van der Waals surface area contributed by atoms with Crippen LogP contribution in [0, 0.1) is 13.8 Å². The molecule has 1 atom stereocenters. The molecule has 2 rings (SSSR count). The van der Waals surface area contributed by atoms with Gasteiger partial charge in [0.1, 0.15) is 5.75 Å². The summed E-state index contributed by atoms with van der Waals surface area (Å²) in [5, 5.41) is 3.31. The first-order chi connectivity index (χ1) is 12.4. The van der Waals surface area contributed by atoms with E-state index in [0.717, 1.165) is 16.7 Å². The Hall–Kier alpha value is -2.53. The quantitative estimate of drug-likeness (QED) is 0.748. The van der Waals surface area contributed by atoms with Gasteiger partial charge in [-0.25, -0.2) is 4.79 Å². The van der Waals surface area contributed by atoms with E-state index >= 15 is 0 Å². The number of hydrogen-bond acceptors (Lipinski definition) is 4. The van der Waals surface area contributed by atoms with Gasteiger partial charge in [0.05, 0.1) is 6.04 Å². The maximum Gasteiger partial charge on any atom is 0.344 e. The van der Waals surface area contributed by atoms with Gasteiger partial charge in [0.2, 0.25) is 0 Å². The largest absolute Gasteiger partial charge is 0.482 e. The zero-order valence-corrected chi connectivity index (χ0v) is 15.8. The van der Waals surface area contributed by atoms with Crippen LogP contribution >= 0.6 is 11.6 Å². The first-order valence-electron chi connectivity index (χ1n) is 8.26. The summed E-state index contributed by atoms with van der Waals surface area (Å²) in [6, 6.07) is 12.6. The van der Waals surface area contributed by atoms with Gasteiger partial charge in [-0.05, 0) is 44.0 Å². The molecule has 0 bridgehead atoms. The Morgan fingerprint density at radius 3 is 2.54 bits per heavy atom. The molecule has 0 aliphatic rings. The summed E-state index contributed by atoms with van der Waals surface area (Å²) in [6.45, 7) is 5.07. The van der Waals surface area contributed by atoms with Crippen molar-refractivity contribution in [2.75, 3.05) is 13.2 Å². The molecule has 0 aromatic heterocycles. The van der Waals surface area contributed by atoms with Gasteiger partial charge in [-0.1, -0.05) is 47.5 Å². The number of carbonyl (C=O) groups is 2. The van der Waals surface area contributed by atoms with Gasteiger partial charge in [0.15, 0.2) is 13.2 Å². The molecule has 0 heterocycles. The van der Waals surface area contributed by atoms with Crippen LogP contribution in [0.3, 0.4) is 0 Å². The number of nitrogens with one attached hydrogen (secondary N) is 1. The van der Waals surface area contributed by atoms with Crippen LogP contribution < -0.4 is 10.1 Å². The number of carbonyl (C=O) groups excluding carboxylic acids is 2. The first-order valence-corrected chi connectivity index (χ1v) is 8.64. The Balaban J connectivity index is 1.76. The lowest BCUT2D eigenvalue weighted by Gasteiger charge is -2.15. The van der Waals surface area contributed by atoms with E-state index in [4.69, 9.17) is 21.1 Å². The van der Waals surface area contributed by atoms with Crippen LogP contribution in [-0.2, 0) is 14.3 Å². The SMILES string of the molecule is Cc1ccc(OCC(=O)OCC(=O)N[C@@H](C)c2ccccc2Cl)c(C)c1. The smallest absolute Gasteiger partial charge is 0.344 e. The summed E-state index contributed by atoms with van der Waals surface area (Å²) in [7, 11) is 0. The summed E-state index contributed by atoms with van der Waals surface area (Å²) in [5.41, 5.74) is 2.85. The van der Waals surface area contributed by atoms with Gasteiger partial charge in [-0.15, -0.1) is 0 Å². The lowest BCUT2D eigenvalue weighted by molar-refractivity contribution is -0.150. The number of hydrogen-bond donors (Lipinski definition) is 1. The van der Waals surface area contributed by atoms with Gasteiger partial charge < -0.3 is 14.8 Å². The normalized spacial score (nSPS) is 11.5. The minimum Gasteiger partial charge on any atom is -0.482 e. The van der Waals surface area contributed by atoms with E-state index < -0.39 is 11.9 Å². The van der Waals surface area contributed by atoms with Crippen LogP contribution in [0.15, 0.2) is 42.5 Å². The molecule has 0 aliphatic carbocycles. The van der Waals surface area contributed by atoms with Gasteiger partial charge in [0.25, 0.3) is 5.91 Å². The number of amides is 1. The number of aryl methyl sites for hydroxylation is 2. The minimum atomic E-state index is -0.606. The fourth-order valence-electron chi connectivity index (χ4n) is 2.47. The Morgan fingerprint density at radius 2 is 1.85 bits per heavy atom. The highest BCUT2D eigenvalue weighted by Gasteiger charge is 2.14. The fourth-order valence-corrected chi connectivity index (χ4v) is 2.77. The van der Waals surface area contributed by atoms with E-state index in [-0.39, 0.29) is 19.3 Å². The van der Waals surface area contributed by atoms with E-state index in [1.165, 1.54) is 0 Å². The number of rotatable bonds is 7. The molecule has 5 nitrogen and oxygen atoms in total. The van der Waals surface area contributed by atoms with Crippen LogP contribution in [0.25, 0.3) is 0 Å². The van der Waals surface area contributed by atoms with E-state index in [9.17, 15) is 9.59 Å². The second kappa shape index (κ2) is 9.25. The molecule has 2 aromatic carbocycles. The molecule has 0 fully saturated rings. The van der Waals surface area contributed by atoms with Crippen molar-refractivity contribution in [2.45, 2.75) is 26.8 Å². The molecule has 0 radical (unpaired) electrons. The Morgan fingerprint density at radius 1 is 1.12 bits per heavy atom. The summed E-state index contributed by atoms with van der Waals surface area (Å²) in [5.74, 6) is -0.396. The molecule has 0 spiro atoms. The van der Waals surface area contributed by atoms with Crippen molar-refractivity contribution in [1.29, 1.82) is 0 Å². The zero-order valence-electron chi connectivity index (χ0n) is 15.0. The molecule has 2 aromatic rings. The van der Waals surface area contributed by atoms with Crippen molar-refractivity contribution in [2.24, 2.45) is 0 Å². The molecule has 26 heavy (non-hydrogen) atoms. The van der Waals surface area contributed by atoms with Crippen molar-refractivity contribution < 1.29 is 19.1 Å². The van der Waals surface area contributed by atoms with Crippen LogP contribution in [-0.4, -0.2) is 25.1 Å². The van der Waals surface area contributed by atoms with Crippen molar-refractivity contribution in [3.05, 3.63) is 64.2 Å². The second-order valence-electron chi connectivity index (χ2n) is 6.03. The predicted molar refractivity (Wildman–Crippen MR) is 100 cm³/mol. The topological polar surface area (TPSA) is 64.6 Å². The lowest BCUT2D eigenvalue weighted by Crippen LogP contribution is -2.32. The summed E-state index contributed by atoms with van der Waals surface area (Å²) in [4.78, 5) is 23.7. The molecule has 1 amide bonds. The number of halogens is 1. The molecule has 0 unspecified atom stereocenters. The van der Waals surface area contributed by atoms with Crippen LogP contribution in [0.5, 0.6) is 5.75 Å². The van der Waals surface area contributed by atoms with Crippen molar-refractivity contribution in [3.63, 3.8) is 0 Å². The van der Waals surface area contributed by atoms with E-state index in [2.05, 4.69) is 5.32 Å². The zero-order chi connectivity index (χ0) is 19.1. The number of esters is 1. The van der Waals surface area contributed by atoms with Gasteiger partial charge in [0, 0.05) is 5.02 Å². The lowest BCUT2D eigenvalue weighted by atomic mass is 10.1. The Bertz CT molecular complexity index is 791. The maximum atomic E-state index is 11.9. The van der Waals surface area contributed by atoms with Crippen molar-refractivity contribution >= 4 is 23.5 Å². The third kappa shape index (κ3) is 5.77. The van der Waals surface area contributed by atoms with Gasteiger partial charge in [-0.3, -0.25) is 4.79 Å². The Labute approximate surface area is 158 Å².